The van der Waals surface area contributed by atoms with Gasteiger partial charge in [-0.05, 0) is 41.7 Å². The molecule has 156 valence electrons. The van der Waals surface area contributed by atoms with Crippen LogP contribution < -0.4 is 20.7 Å². The molecule has 1 unspecified atom stereocenters. The van der Waals surface area contributed by atoms with E-state index in [4.69, 9.17) is 4.74 Å². The smallest absolute Gasteiger partial charge is 0.224 e. The summed E-state index contributed by atoms with van der Waals surface area (Å²) in [6.07, 6.45) is 1.29. The zero-order valence-corrected chi connectivity index (χ0v) is 19.2. The minimum atomic E-state index is 0. The van der Waals surface area contributed by atoms with Crippen LogP contribution >= 0.6 is 24.0 Å². The van der Waals surface area contributed by atoms with Crippen molar-refractivity contribution in [2.75, 3.05) is 32.1 Å². The Kier molecular flexibility index (Phi) is 9.24. The number of aliphatic imine (C=N–C) groups is 1. The second-order valence-electron chi connectivity index (χ2n) is 6.91. The number of aryl methyl sites for hydroxylation is 1. The second-order valence-corrected chi connectivity index (χ2v) is 6.91. The van der Waals surface area contributed by atoms with E-state index in [9.17, 15) is 4.79 Å². The lowest BCUT2D eigenvalue weighted by molar-refractivity contribution is -0.116. The van der Waals surface area contributed by atoms with E-state index < -0.39 is 0 Å². The molecule has 7 heteroatoms. The summed E-state index contributed by atoms with van der Waals surface area (Å²) < 4.78 is 5.83. The number of hydrogen-bond donors (Lipinski definition) is 3. The molecular weight excluding hydrogens is 479 g/mol. The lowest BCUT2D eigenvalue weighted by atomic mass is 10.0. The van der Waals surface area contributed by atoms with Gasteiger partial charge in [0.25, 0.3) is 0 Å². The van der Waals surface area contributed by atoms with Gasteiger partial charge in [0, 0.05) is 25.7 Å². The number of nitrogens with one attached hydrogen (secondary N) is 3. The number of benzene rings is 2. The molecule has 1 heterocycles. The largest absolute Gasteiger partial charge is 0.492 e. The number of amides is 1. The number of carbonyl (C=O) groups is 1. The van der Waals surface area contributed by atoms with E-state index in [1.165, 1.54) is 5.56 Å². The summed E-state index contributed by atoms with van der Waals surface area (Å²) in [5.74, 6) is 2.05. The van der Waals surface area contributed by atoms with Gasteiger partial charge in [0.15, 0.2) is 5.96 Å². The van der Waals surface area contributed by atoms with Gasteiger partial charge in [0.1, 0.15) is 12.4 Å². The minimum absolute atomic E-state index is 0. The molecule has 1 atom stereocenters. The van der Waals surface area contributed by atoms with Crippen LogP contribution in [0, 0.1) is 0 Å². The zero-order valence-electron chi connectivity index (χ0n) is 16.9. The molecular formula is C22H29IN4O2. The molecule has 0 spiro atoms. The second kappa shape index (κ2) is 11.6. The summed E-state index contributed by atoms with van der Waals surface area (Å²) >= 11 is 0. The van der Waals surface area contributed by atoms with Crippen molar-refractivity contribution in [1.29, 1.82) is 0 Å². The molecule has 3 rings (SSSR count). The Morgan fingerprint density at radius 2 is 1.97 bits per heavy atom. The van der Waals surface area contributed by atoms with E-state index in [1.54, 1.807) is 7.05 Å². The van der Waals surface area contributed by atoms with Gasteiger partial charge in [0.05, 0.1) is 6.54 Å². The van der Waals surface area contributed by atoms with E-state index >= 15 is 0 Å². The fourth-order valence-corrected chi connectivity index (χ4v) is 3.16. The van der Waals surface area contributed by atoms with Crippen LogP contribution in [0.2, 0.25) is 0 Å². The summed E-state index contributed by atoms with van der Waals surface area (Å²) in [6, 6.07) is 16.2. The normalized spacial score (nSPS) is 14.1. The summed E-state index contributed by atoms with van der Waals surface area (Å²) in [7, 11) is 1.77. The van der Waals surface area contributed by atoms with Gasteiger partial charge in [-0.2, -0.15) is 0 Å². The van der Waals surface area contributed by atoms with Gasteiger partial charge in [-0.25, -0.2) is 0 Å². The van der Waals surface area contributed by atoms with E-state index in [2.05, 4.69) is 52.1 Å². The Labute approximate surface area is 189 Å². The maximum absolute atomic E-state index is 11.4. The van der Waals surface area contributed by atoms with E-state index in [1.807, 2.05) is 24.3 Å². The summed E-state index contributed by atoms with van der Waals surface area (Å²) in [6.45, 7) is 4.17. The van der Waals surface area contributed by atoms with Crippen molar-refractivity contribution in [2.45, 2.75) is 25.7 Å². The Bertz CT molecular complexity index is 827. The molecule has 2 aromatic carbocycles. The van der Waals surface area contributed by atoms with Crippen LogP contribution in [0.1, 0.15) is 30.4 Å². The lowest BCUT2D eigenvalue weighted by Gasteiger charge is -2.18. The number of halogens is 1. The molecule has 29 heavy (non-hydrogen) atoms. The molecule has 0 aromatic heterocycles. The standard InChI is InChI=1S/C22H28N4O2.HI/c1-16(17-6-4-3-5-7-17)15-25-22(23-2)24-12-13-28-19-9-10-20-18(14-19)8-11-21(27)26-20;/h3-7,9-10,14,16H,8,11-13,15H2,1-2H3,(H,26,27)(H2,23,24,25);1H. The van der Waals surface area contributed by atoms with Crippen molar-refractivity contribution in [3.05, 3.63) is 59.7 Å². The van der Waals surface area contributed by atoms with E-state index in [0.29, 0.717) is 25.5 Å². The molecule has 0 fully saturated rings. The van der Waals surface area contributed by atoms with Crippen LogP contribution in [0.4, 0.5) is 5.69 Å². The zero-order chi connectivity index (χ0) is 19.8. The quantitative estimate of drug-likeness (QED) is 0.232. The predicted octanol–water partition coefficient (Wildman–Crippen LogP) is 3.54. The number of rotatable bonds is 7. The van der Waals surface area contributed by atoms with Gasteiger partial charge >= 0.3 is 0 Å². The first-order valence-electron chi connectivity index (χ1n) is 9.70. The topological polar surface area (TPSA) is 74.8 Å². The number of ether oxygens (including phenoxy) is 1. The third-order valence-electron chi connectivity index (χ3n) is 4.80. The molecule has 0 saturated carbocycles. The molecule has 3 N–H and O–H groups in total. The summed E-state index contributed by atoms with van der Waals surface area (Å²) in [5.41, 5.74) is 3.31. The molecule has 0 aliphatic carbocycles. The fraction of sp³-hybridized carbons (Fsp3) is 0.364. The number of anilines is 1. The third kappa shape index (κ3) is 6.92. The SMILES string of the molecule is CN=C(NCCOc1ccc2c(c1)CCC(=O)N2)NCC(C)c1ccccc1.I. The molecule has 1 aliphatic heterocycles. The molecule has 0 bridgehead atoms. The maximum atomic E-state index is 11.4. The maximum Gasteiger partial charge on any atom is 0.224 e. The predicted molar refractivity (Wildman–Crippen MR) is 129 cm³/mol. The molecule has 0 radical (unpaired) electrons. The van der Waals surface area contributed by atoms with Gasteiger partial charge in [0.2, 0.25) is 5.91 Å². The highest BCUT2D eigenvalue weighted by Crippen LogP contribution is 2.26. The van der Waals surface area contributed by atoms with Gasteiger partial charge in [-0.15, -0.1) is 24.0 Å². The third-order valence-corrected chi connectivity index (χ3v) is 4.80. The first-order chi connectivity index (χ1) is 13.7. The number of fused-ring (bicyclic) bond motifs is 1. The molecule has 0 saturated heterocycles. The van der Waals surface area contributed by atoms with Gasteiger partial charge in [-0.1, -0.05) is 37.3 Å². The van der Waals surface area contributed by atoms with Crippen LogP contribution in [-0.2, 0) is 11.2 Å². The minimum Gasteiger partial charge on any atom is -0.492 e. The molecule has 2 aromatic rings. The highest BCUT2D eigenvalue weighted by Gasteiger charge is 2.15. The number of carbonyl (C=O) groups excluding carboxylic acids is 1. The molecule has 1 aliphatic rings. The van der Waals surface area contributed by atoms with Crippen molar-refractivity contribution in [1.82, 2.24) is 10.6 Å². The van der Waals surface area contributed by atoms with Crippen molar-refractivity contribution < 1.29 is 9.53 Å². The lowest BCUT2D eigenvalue weighted by Crippen LogP contribution is -2.40. The fourth-order valence-electron chi connectivity index (χ4n) is 3.16. The van der Waals surface area contributed by atoms with Gasteiger partial charge in [-0.3, -0.25) is 9.79 Å². The Morgan fingerprint density at radius 1 is 1.17 bits per heavy atom. The molecule has 1 amide bonds. The summed E-state index contributed by atoms with van der Waals surface area (Å²) in [4.78, 5) is 15.7. The van der Waals surface area contributed by atoms with Crippen molar-refractivity contribution in [3.63, 3.8) is 0 Å². The number of hydrogen-bond acceptors (Lipinski definition) is 3. The van der Waals surface area contributed by atoms with Crippen molar-refractivity contribution in [3.8, 4) is 5.75 Å². The average Bonchev–Trinajstić information content (AvgIpc) is 2.73. The van der Waals surface area contributed by atoms with Crippen LogP contribution in [0.25, 0.3) is 0 Å². The van der Waals surface area contributed by atoms with Crippen LogP contribution in [-0.4, -0.2) is 38.6 Å². The molecule has 6 nitrogen and oxygen atoms in total. The Balaban J connectivity index is 0.00000300. The number of nitrogens with zero attached hydrogens (tertiary/aromatic N) is 1. The van der Waals surface area contributed by atoms with Crippen LogP contribution in [0.5, 0.6) is 5.75 Å². The van der Waals surface area contributed by atoms with Gasteiger partial charge < -0.3 is 20.7 Å². The average molecular weight is 508 g/mol. The summed E-state index contributed by atoms with van der Waals surface area (Å²) in [5, 5.41) is 9.51. The van der Waals surface area contributed by atoms with Crippen LogP contribution in [0.15, 0.2) is 53.5 Å². The van der Waals surface area contributed by atoms with Crippen molar-refractivity contribution in [2.24, 2.45) is 4.99 Å². The Morgan fingerprint density at radius 3 is 2.72 bits per heavy atom. The first-order valence-corrected chi connectivity index (χ1v) is 9.70. The van der Waals surface area contributed by atoms with E-state index in [0.717, 1.165) is 35.9 Å². The monoisotopic (exact) mass is 508 g/mol. The highest BCUT2D eigenvalue weighted by molar-refractivity contribution is 14.0. The first kappa shape index (κ1) is 23.0. The Hall–Kier alpha value is -2.29. The van der Waals surface area contributed by atoms with Crippen LogP contribution in [0.3, 0.4) is 0 Å². The van der Waals surface area contributed by atoms with E-state index in [-0.39, 0.29) is 29.9 Å². The number of guanidine groups is 1. The van der Waals surface area contributed by atoms with Crippen molar-refractivity contribution >= 4 is 41.5 Å². The highest BCUT2D eigenvalue weighted by atomic mass is 127.